The minimum atomic E-state index is -1.15. The third-order valence-corrected chi connectivity index (χ3v) is 3.36. The maximum Gasteiger partial charge on any atom is 0.354 e. The second-order valence-corrected chi connectivity index (χ2v) is 5.91. The predicted octanol–water partition coefficient (Wildman–Crippen LogP) is 2.67. The summed E-state index contributed by atoms with van der Waals surface area (Å²) in [5.41, 5.74) is 2.15. The van der Waals surface area contributed by atoms with Crippen LogP contribution < -0.4 is 5.56 Å². The number of aromatic carboxylic acids is 1. The largest absolute Gasteiger partial charge is 0.477 e. The van der Waals surface area contributed by atoms with Crippen LogP contribution in [0.5, 0.6) is 0 Å². The lowest BCUT2D eigenvalue weighted by molar-refractivity contribution is 0.0691. The molecule has 2 aromatic rings. The first-order valence-electron chi connectivity index (χ1n) is 6.37. The standard InChI is InChI=1S/C15H18N2O3/c1-8-5-6-9(15(2,3)4)7-10(8)11-12(14(19)20)16-17-13(11)18/h5-7H,1-4H3,(H,19,20)(H2,16,17,18). The molecule has 0 aliphatic carbocycles. The third-order valence-electron chi connectivity index (χ3n) is 3.36. The van der Waals surface area contributed by atoms with Gasteiger partial charge in [-0.15, -0.1) is 0 Å². The van der Waals surface area contributed by atoms with Crippen molar-refractivity contribution in [2.45, 2.75) is 33.1 Å². The van der Waals surface area contributed by atoms with Gasteiger partial charge in [0.05, 0.1) is 5.56 Å². The van der Waals surface area contributed by atoms with E-state index < -0.39 is 11.5 Å². The minimum Gasteiger partial charge on any atom is -0.477 e. The smallest absolute Gasteiger partial charge is 0.354 e. The molecule has 0 radical (unpaired) electrons. The normalized spacial score (nSPS) is 11.6. The molecule has 0 aliphatic rings. The van der Waals surface area contributed by atoms with Gasteiger partial charge in [0.15, 0.2) is 5.69 Å². The van der Waals surface area contributed by atoms with Crippen molar-refractivity contribution in [2.75, 3.05) is 0 Å². The van der Waals surface area contributed by atoms with E-state index in [1.54, 1.807) is 0 Å². The number of aromatic amines is 2. The Bertz CT molecular complexity index is 717. The van der Waals surface area contributed by atoms with Gasteiger partial charge >= 0.3 is 5.97 Å². The summed E-state index contributed by atoms with van der Waals surface area (Å²) >= 11 is 0. The SMILES string of the molecule is Cc1ccc(C(C)(C)C)cc1-c1c(C(=O)O)[nH][nH]c1=O. The molecule has 0 bridgehead atoms. The Morgan fingerprint density at radius 1 is 1.20 bits per heavy atom. The molecule has 0 fully saturated rings. The van der Waals surface area contributed by atoms with Crippen LogP contribution >= 0.6 is 0 Å². The first kappa shape index (κ1) is 14.1. The molecular weight excluding hydrogens is 256 g/mol. The molecule has 1 aromatic carbocycles. The summed E-state index contributed by atoms with van der Waals surface area (Å²) in [6.45, 7) is 8.07. The van der Waals surface area contributed by atoms with Gasteiger partial charge in [-0.05, 0) is 29.0 Å². The summed E-state index contributed by atoms with van der Waals surface area (Å²) in [6.07, 6.45) is 0. The van der Waals surface area contributed by atoms with Crippen molar-refractivity contribution in [1.29, 1.82) is 0 Å². The Balaban J connectivity index is 2.73. The van der Waals surface area contributed by atoms with Crippen LogP contribution in [0.15, 0.2) is 23.0 Å². The average molecular weight is 274 g/mol. The Morgan fingerprint density at radius 2 is 1.85 bits per heavy atom. The lowest BCUT2D eigenvalue weighted by atomic mass is 9.84. The molecule has 0 unspecified atom stereocenters. The Kier molecular flexibility index (Phi) is 3.29. The predicted molar refractivity (Wildman–Crippen MR) is 77.2 cm³/mol. The number of carboxylic acids is 1. The van der Waals surface area contributed by atoms with Crippen molar-refractivity contribution in [2.24, 2.45) is 0 Å². The molecule has 0 saturated carbocycles. The molecule has 0 amide bonds. The van der Waals surface area contributed by atoms with Crippen molar-refractivity contribution in [1.82, 2.24) is 10.2 Å². The summed E-state index contributed by atoms with van der Waals surface area (Å²) in [7, 11) is 0. The molecule has 20 heavy (non-hydrogen) atoms. The van der Waals surface area contributed by atoms with E-state index >= 15 is 0 Å². The van der Waals surface area contributed by atoms with E-state index in [2.05, 4.69) is 31.0 Å². The molecule has 0 spiro atoms. The van der Waals surface area contributed by atoms with Gasteiger partial charge in [0, 0.05) is 0 Å². The van der Waals surface area contributed by atoms with Gasteiger partial charge in [0.25, 0.3) is 5.56 Å². The molecule has 0 saturated heterocycles. The number of aromatic nitrogens is 2. The molecule has 2 rings (SSSR count). The molecule has 0 atom stereocenters. The van der Waals surface area contributed by atoms with Crippen LogP contribution in [0.2, 0.25) is 0 Å². The van der Waals surface area contributed by atoms with E-state index in [0.29, 0.717) is 5.56 Å². The number of hydrogen-bond acceptors (Lipinski definition) is 2. The minimum absolute atomic E-state index is 0.0745. The summed E-state index contributed by atoms with van der Waals surface area (Å²) in [5.74, 6) is -1.15. The molecule has 0 aliphatic heterocycles. The summed E-state index contributed by atoms with van der Waals surface area (Å²) < 4.78 is 0. The van der Waals surface area contributed by atoms with E-state index in [1.165, 1.54) is 0 Å². The van der Waals surface area contributed by atoms with E-state index in [-0.39, 0.29) is 16.7 Å². The highest BCUT2D eigenvalue weighted by Crippen LogP contribution is 2.29. The van der Waals surface area contributed by atoms with Gasteiger partial charge in [-0.25, -0.2) is 4.79 Å². The summed E-state index contributed by atoms with van der Waals surface area (Å²) in [5, 5.41) is 13.9. The Labute approximate surface area is 116 Å². The van der Waals surface area contributed by atoms with Crippen molar-refractivity contribution in [3.8, 4) is 11.1 Å². The van der Waals surface area contributed by atoms with Gasteiger partial charge < -0.3 is 5.11 Å². The highest BCUT2D eigenvalue weighted by Gasteiger charge is 2.21. The number of hydrogen-bond donors (Lipinski definition) is 3. The van der Waals surface area contributed by atoms with Gasteiger partial charge in [0.1, 0.15) is 0 Å². The highest BCUT2D eigenvalue weighted by molar-refractivity contribution is 5.94. The quantitative estimate of drug-likeness (QED) is 0.787. The monoisotopic (exact) mass is 274 g/mol. The van der Waals surface area contributed by atoms with Crippen molar-refractivity contribution in [3.63, 3.8) is 0 Å². The number of benzene rings is 1. The van der Waals surface area contributed by atoms with Gasteiger partial charge in [0.2, 0.25) is 0 Å². The molecular formula is C15H18N2O3. The van der Waals surface area contributed by atoms with Crippen LogP contribution in [-0.2, 0) is 5.41 Å². The molecule has 106 valence electrons. The zero-order valence-corrected chi connectivity index (χ0v) is 12.0. The molecule has 1 heterocycles. The maximum absolute atomic E-state index is 11.9. The van der Waals surface area contributed by atoms with Crippen LogP contribution in [0.1, 0.15) is 42.4 Å². The van der Waals surface area contributed by atoms with Crippen molar-refractivity contribution < 1.29 is 9.90 Å². The van der Waals surface area contributed by atoms with Gasteiger partial charge in [-0.1, -0.05) is 39.0 Å². The lowest BCUT2D eigenvalue weighted by Crippen LogP contribution is -2.12. The fraction of sp³-hybridized carbons (Fsp3) is 0.333. The van der Waals surface area contributed by atoms with Crippen LogP contribution in [-0.4, -0.2) is 21.3 Å². The molecule has 5 nitrogen and oxygen atoms in total. The number of rotatable bonds is 2. The van der Waals surface area contributed by atoms with E-state index in [1.807, 2.05) is 25.1 Å². The zero-order chi connectivity index (χ0) is 15.1. The van der Waals surface area contributed by atoms with Crippen molar-refractivity contribution in [3.05, 3.63) is 45.4 Å². The second kappa shape index (κ2) is 4.67. The second-order valence-electron chi connectivity index (χ2n) is 5.91. The number of H-pyrrole nitrogens is 2. The van der Waals surface area contributed by atoms with E-state index in [9.17, 15) is 14.7 Å². The van der Waals surface area contributed by atoms with Gasteiger partial charge in [-0.3, -0.25) is 15.0 Å². The fourth-order valence-electron chi connectivity index (χ4n) is 2.13. The van der Waals surface area contributed by atoms with Crippen LogP contribution in [0, 0.1) is 6.92 Å². The number of carboxylic acid groups (broad SMARTS) is 1. The number of carbonyl (C=O) groups is 1. The zero-order valence-electron chi connectivity index (χ0n) is 12.0. The lowest BCUT2D eigenvalue weighted by Gasteiger charge is -2.20. The Hall–Kier alpha value is -2.30. The summed E-state index contributed by atoms with van der Waals surface area (Å²) in [6, 6.07) is 5.80. The summed E-state index contributed by atoms with van der Waals surface area (Å²) in [4.78, 5) is 23.1. The van der Waals surface area contributed by atoms with Crippen molar-refractivity contribution >= 4 is 5.97 Å². The fourth-order valence-corrected chi connectivity index (χ4v) is 2.13. The molecule has 3 N–H and O–H groups in total. The van der Waals surface area contributed by atoms with Crippen LogP contribution in [0.25, 0.3) is 11.1 Å². The molecule has 5 heteroatoms. The highest BCUT2D eigenvalue weighted by atomic mass is 16.4. The Morgan fingerprint density at radius 3 is 2.40 bits per heavy atom. The number of aryl methyl sites for hydroxylation is 1. The van der Waals surface area contributed by atoms with Crippen LogP contribution in [0.4, 0.5) is 0 Å². The van der Waals surface area contributed by atoms with E-state index in [0.717, 1.165) is 11.1 Å². The molecule has 1 aromatic heterocycles. The first-order chi connectivity index (χ1) is 9.21. The van der Waals surface area contributed by atoms with E-state index in [4.69, 9.17) is 0 Å². The topological polar surface area (TPSA) is 85.9 Å². The maximum atomic E-state index is 11.9. The third kappa shape index (κ3) is 2.39. The first-order valence-corrected chi connectivity index (χ1v) is 6.37. The number of nitrogens with one attached hydrogen (secondary N) is 2. The average Bonchev–Trinajstić information content (AvgIpc) is 2.70. The van der Waals surface area contributed by atoms with Gasteiger partial charge in [-0.2, -0.15) is 0 Å². The van der Waals surface area contributed by atoms with Crippen LogP contribution in [0.3, 0.4) is 0 Å².